The second-order valence-corrected chi connectivity index (χ2v) is 7.91. The zero-order valence-corrected chi connectivity index (χ0v) is 14.8. The van der Waals surface area contributed by atoms with Crippen LogP contribution in [0.5, 0.6) is 5.75 Å². The molecule has 0 aliphatic carbocycles. The van der Waals surface area contributed by atoms with Gasteiger partial charge >= 0.3 is 0 Å². The molecule has 2 rings (SSSR count). The third-order valence-corrected chi connectivity index (χ3v) is 6.46. The van der Waals surface area contributed by atoms with Crippen LogP contribution in [0.3, 0.4) is 0 Å². The summed E-state index contributed by atoms with van der Waals surface area (Å²) in [5.41, 5.74) is -1.06. The molecule has 6 nitrogen and oxygen atoms in total. The summed E-state index contributed by atoms with van der Waals surface area (Å²) in [6, 6.07) is 9.17. The molecule has 1 aliphatic heterocycles. The van der Waals surface area contributed by atoms with E-state index in [-0.39, 0.29) is 6.54 Å². The first kappa shape index (κ1) is 18.2. The average molecular weight is 342 g/mol. The van der Waals surface area contributed by atoms with Gasteiger partial charge < -0.3 is 9.84 Å². The maximum absolute atomic E-state index is 12.7. The zero-order valence-electron chi connectivity index (χ0n) is 14.0. The number of ether oxygens (including phenoxy) is 1. The first-order valence-corrected chi connectivity index (χ1v) is 9.40. The highest BCUT2D eigenvalue weighted by molar-refractivity contribution is 7.86. The molecule has 0 unspecified atom stereocenters. The van der Waals surface area contributed by atoms with Gasteiger partial charge in [-0.1, -0.05) is 32.0 Å². The van der Waals surface area contributed by atoms with Gasteiger partial charge in [0.1, 0.15) is 17.5 Å². The summed E-state index contributed by atoms with van der Waals surface area (Å²) in [6.07, 6.45) is -0.269. The molecule has 1 fully saturated rings. The predicted molar refractivity (Wildman–Crippen MR) is 89.5 cm³/mol. The number of benzene rings is 1. The van der Waals surface area contributed by atoms with Gasteiger partial charge in [0.05, 0.1) is 6.54 Å². The van der Waals surface area contributed by atoms with Crippen molar-refractivity contribution >= 4 is 10.2 Å². The SMILES string of the molecule is CCN(CC)S(=O)(=O)N1CC[C@@](C)(O)[C@H](Oc2ccccc2)C1. The minimum Gasteiger partial charge on any atom is -0.486 e. The lowest BCUT2D eigenvalue weighted by Gasteiger charge is -2.42. The molecule has 0 saturated carbocycles. The Morgan fingerprint density at radius 2 is 1.91 bits per heavy atom. The highest BCUT2D eigenvalue weighted by Crippen LogP contribution is 2.28. The van der Waals surface area contributed by atoms with Crippen LogP contribution >= 0.6 is 0 Å². The van der Waals surface area contributed by atoms with Crippen molar-refractivity contribution in [3.63, 3.8) is 0 Å². The maximum atomic E-state index is 12.7. The Morgan fingerprint density at radius 1 is 1.30 bits per heavy atom. The lowest BCUT2D eigenvalue weighted by Crippen LogP contribution is -2.59. The second kappa shape index (κ2) is 7.17. The third kappa shape index (κ3) is 4.03. The molecule has 23 heavy (non-hydrogen) atoms. The molecule has 1 aromatic carbocycles. The molecule has 1 aliphatic rings. The maximum Gasteiger partial charge on any atom is 0.282 e. The van der Waals surface area contributed by atoms with Crippen molar-refractivity contribution in [2.45, 2.75) is 38.9 Å². The molecule has 1 aromatic rings. The van der Waals surface area contributed by atoms with Gasteiger partial charge in [0.2, 0.25) is 0 Å². The van der Waals surface area contributed by atoms with Gasteiger partial charge in [-0.3, -0.25) is 0 Å². The monoisotopic (exact) mass is 342 g/mol. The molecule has 1 N–H and O–H groups in total. The number of aliphatic hydroxyl groups is 1. The molecule has 0 spiro atoms. The quantitative estimate of drug-likeness (QED) is 0.850. The minimum atomic E-state index is -3.52. The van der Waals surface area contributed by atoms with E-state index < -0.39 is 21.9 Å². The van der Waals surface area contributed by atoms with E-state index in [2.05, 4.69) is 0 Å². The lowest BCUT2D eigenvalue weighted by atomic mass is 9.91. The van der Waals surface area contributed by atoms with E-state index in [1.54, 1.807) is 19.1 Å². The summed E-state index contributed by atoms with van der Waals surface area (Å²) in [4.78, 5) is 0. The highest BCUT2D eigenvalue weighted by Gasteiger charge is 2.44. The Kier molecular flexibility index (Phi) is 5.67. The van der Waals surface area contributed by atoms with Crippen molar-refractivity contribution < 1.29 is 18.3 Å². The topological polar surface area (TPSA) is 70.1 Å². The van der Waals surface area contributed by atoms with Crippen molar-refractivity contribution in [2.75, 3.05) is 26.2 Å². The number of hydrogen-bond acceptors (Lipinski definition) is 4. The Bertz CT molecular complexity index is 600. The van der Waals surface area contributed by atoms with E-state index in [1.165, 1.54) is 8.61 Å². The molecular formula is C16H26N2O4S. The summed E-state index contributed by atoms with van der Waals surface area (Å²) >= 11 is 0. The molecule has 0 bridgehead atoms. The second-order valence-electron chi connectivity index (χ2n) is 5.98. The number of nitrogens with zero attached hydrogens (tertiary/aromatic N) is 2. The van der Waals surface area contributed by atoms with Gasteiger partial charge in [-0.2, -0.15) is 17.0 Å². The number of para-hydroxylation sites is 1. The fourth-order valence-electron chi connectivity index (χ4n) is 2.74. The van der Waals surface area contributed by atoms with Gasteiger partial charge in [0.25, 0.3) is 10.2 Å². The minimum absolute atomic E-state index is 0.140. The van der Waals surface area contributed by atoms with Gasteiger partial charge in [0.15, 0.2) is 0 Å². The third-order valence-electron chi connectivity index (χ3n) is 4.31. The van der Waals surface area contributed by atoms with E-state index in [4.69, 9.17) is 4.74 Å². The summed E-state index contributed by atoms with van der Waals surface area (Å²) in [5, 5.41) is 10.6. The molecule has 1 heterocycles. The number of hydrogen-bond donors (Lipinski definition) is 1. The summed E-state index contributed by atoms with van der Waals surface area (Å²) in [7, 11) is -3.52. The Balaban J connectivity index is 2.18. The highest BCUT2D eigenvalue weighted by atomic mass is 32.2. The lowest BCUT2D eigenvalue weighted by molar-refractivity contribution is -0.0815. The van der Waals surface area contributed by atoms with E-state index in [0.29, 0.717) is 31.8 Å². The summed E-state index contributed by atoms with van der Waals surface area (Å²) in [5.74, 6) is 0.625. The van der Waals surface area contributed by atoms with Crippen molar-refractivity contribution in [3.05, 3.63) is 30.3 Å². The molecule has 0 radical (unpaired) electrons. The first-order valence-electron chi connectivity index (χ1n) is 8.00. The van der Waals surface area contributed by atoms with E-state index in [0.717, 1.165) is 0 Å². The normalized spacial score (nSPS) is 26.4. The standard InChI is InChI=1S/C16H26N2O4S/c1-4-17(5-2)23(20,21)18-12-11-16(3,19)15(13-18)22-14-9-7-6-8-10-14/h6-10,15,19H,4-5,11-13H2,1-3H3/t15-,16-/m1/s1. The number of rotatable bonds is 6. The van der Waals surface area contributed by atoms with E-state index in [1.807, 2.05) is 32.0 Å². The van der Waals surface area contributed by atoms with Gasteiger partial charge in [-0.15, -0.1) is 0 Å². The van der Waals surface area contributed by atoms with Gasteiger partial charge in [-0.25, -0.2) is 0 Å². The molecule has 7 heteroatoms. The summed E-state index contributed by atoms with van der Waals surface area (Å²) in [6.45, 7) is 6.62. The van der Waals surface area contributed by atoms with Crippen molar-refractivity contribution in [1.82, 2.24) is 8.61 Å². The first-order chi connectivity index (χ1) is 10.8. The largest absolute Gasteiger partial charge is 0.486 e. The van der Waals surface area contributed by atoms with Crippen molar-refractivity contribution in [1.29, 1.82) is 0 Å². The van der Waals surface area contributed by atoms with Crippen LogP contribution in [0.1, 0.15) is 27.2 Å². The van der Waals surface area contributed by atoms with Crippen LogP contribution in [-0.4, -0.2) is 60.0 Å². The molecule has 0 amide bonds. The average Bonchev–Trinajstić information content (AvgIpc) is 2.51. The Hall–Kier alpha value is -1.15. The smallest absolute Gasteiger partial charge is 0.282 e. The van der Waals surface area contributed by atoms with Crippen LogP contribution in [0.15, 0.2) is 30.3 Å². The summed E-state index contributed by atoms with van der Waals surface area (Å²) < 4.78 is 34.0. The van der Waals surface area contributed by atoms with Gasteiger partial charge in [0, 0.05) is 19.6 Å². The van der Waals surface area contributed by atoms with Crippen molar-refractivity contribution in [2.24, 2.45) is 0 Å². The van der Waals surface area contributed by atoms with Crippen LogP contribution < -0.4 is 4.74 Å². The van der Waals surface area contributed by atoms with Crippen LogP contribution in [0.2, 0.25) is 0 Å². The van der Waals surface area contributed by atoms with E-state index >= 15 is 0 Å². The van der Waals surface area contributed by atoms with E-state index in [9.17, 15) is 13.5 Å². The fraction of sp³-hybridized carbons (Fsp3) is 0.625. The van der Waals surface area contributed by atoms with Crippen LogP contribution in [0.4, 0.5) is 0 Å². The Labute approximate surface area is 138 Å². The van der Waals surface area contributed by atoms with Gasteiger partial charge in [-0.05, 0) is 25.5 Å². The van der Waals surface area contributed by atoms with Crippen LogP contribution in [0, 0.1) is 0 Å². The fourth-order valence-corrected chi connectivity index (χ4v) is 4.36. The zero-order chi connectivity index (χ0) is 17.1. The number of piperidine rings is 1. The van der Waals surface area contributed by atoms with Crippen LogP contribution in [-0.2, 0) is 10.2 Å². The molecule has 1 saturated heterocycles. The predicted octanol–water partition coefficient (Wildman–Crippen LogP) is 1.48. The van der Waals surface area contributed by atoms with Crippen molar-refractivity contribution in [3.8, 4) is 5.75 Å². The molecular weight excluding hydrogens is 316 g/mol. The molecule has 130 valence electrons. The Morgan fingerprint density at radius 3 is 2.48 bits per heavy atom. The molecule has 0 aromatic heterocycles. The molecule has 2 atom stereocenters. The van der Waals surface area contributed by atoms with Crippen LogP contribution in [0.25, 0.3) is 0 Å².